The first-order valence-corrected chi connectivity index (χ1v) is 10.9. The predicted octanol–water partition coefficient (Wildman–Crippen LogP) is 3.49. The van der Waals surface area contributed by atoms with Gasteiger partial charge in [0, 0.05) is 38.7 Å². The molecule has 0 aromatic heterocycles. The molecule has 2 N–H and O–H groups in total. The number of ether oxygens (including phenoxy) is 1. The largest absolute Gasteiger partial charge is 0.485 e. The van der Waals surface area contributed by atoms with Crippen molar-refractivity contribution in [3.63, 3.8) is 0 Å². The fourth-order valence-corrected chi connectivity index (χ4v) is 4.44. The molecule has 2 aromatic rings. The van der Waals surface area contributed by atoms with Crippen LogP contribution in [0, 0.1) is 0 Å². The van der Waals surface area contributed by atoms with E-state index in [1.807, 2.05) is 42.5 Å². The molecule has 2 aromatic carbocycles. The summed E-state index contributed by atoms with van der Waals surface area (Å²) in [6, 6.07) is 13.0. The summed E-state index contributed by atoms with van der Waals surface area (Å²) < 4.78 is 6.30. The number of guanidine groups is 1. The van der Waals surface area contributed by atoms with Gasteiger partial charge in [0.15, 0.2) is 11.5 Å². The van der Waals surface area contributed by atoms with E-state index < -0.39 is 11.6 Å². The Bertz CT molecular complexity index is 1260. The molecule has 7 heteroatoms. The molecule has 0 aliphatic carbocycles. The van der Waals surface area contributed by atoms with Crippen LogP contribution in [0.2, 0.25) is 0 Å². The molecule has 0 saturated heterocycles. The molecule has 2 amide bonds. The van der Waals surface area contributed by atoms with Gasteiger partial charge in [0.25, 0.3) is 11.8 Å². The van der Waals surface area contributed by atoms with Crippen LogP contribution < -0.4 is 10.5 Å². The fourth-order valence-electron chi connectivity index (χ4n) is 4.44. The Morgan fingerprint density at radius 3 is 2.59 bits per heavy atom. The van der Waals surface area contributed by atoms with Gasteiger partial charge < -0.3 is 15.4 Å². The van der Waals surface area contributed by atoms with Gasteiger partial charge >= 0.3 is 0 Å². The van der Waals surface area contributed by atoms with Crippen LogP contribution >= 0.6 is 0 Å². The second kappa shape index (κ2) is 8.67. The Balaban J connectivity index is 1.86. The smallest absolute Gasteiger partial charge is 0.261 e. The number of nitrogens with zero attached hydrogens (tertiary/aromatic N) is 3. The van der Waals surface area contributed by atoms with Crippen molar-refractivity contribution in [1.82, 2.24) is 9.80 Å². The van der Waals surface area contributed by atoms with Crippen LogP contribution in [-0.4, -0.2) is 54.8 Å². The molecule has 0 fully saturated rings. The van der Waals surface area contributed by atoms with Crippen molar-refractivity contribution in [2.75, 3.05) is 21.1 Å². The minimum absolute atomic E-state index is 0.0848. The molecule has 0 radical (unpaired) electrons. The summed E-state index contributed by atoms with van der Waals surface area (Å²) in [6.45, 7) is 7.64. The van der Waals surface area contributed by atoms with Crippen molar-refractivity contribution >= 4 is 17.8 Å². The van der Waals surface area contributed by atoms with Crippen molar-refractivity contribution in [2.24, 2.45) is 10.7 Å². The van der Waals surface area contributed by atoms with Crippen LogP contribution in [0.4, 0.5) is 0 Å². The monoisotopic (exact) mass is 456 g/mol. The van der Waals surface area contributed by atoms with E-state index in [9.17, 15) is 9.59 Å². The first-order chi connectivity index (χ1) is 16.2. The first-order valence-electron chi connectivity index (χ1n) is 10.9. The number of rotatable bonds is 5. The molecule has 2 aliphatic rings. The van der Waals surface area contributed by atoms with Crippen LogP contribution in [-0.2, 0) is 10.3 Å². The summed E-state index contributed by atoms with van der Waals surface area (Å²) in [5.74, 6) is 0.416. The second-order valence-electron chi connectivity index (χ2n) is 8.60. The molecule has 0 saturated carbocycles. The minimum Gasteiger partial charge on any atom is -0.485 e. The van der Waals surface area contributed by atoms with Crippen LogP contribution in [0.15, 0.2) is 84.4 Å². The second-order valence-corrected chi connectivity index (χ2v) is 8.60. The zero-order valence-electron chi connectivity index (χ0n) is 19.6. The Labute approximate surface area is 199 Å². The maximum atomic E-state index is 13.5. The lowest BCUT2D eigenvalue weighted by Crippen LogP contribution is -2.46. The molecular weight excluding hydrogens is 428 g/mol. The number of amides is 2. The van der Waals surface area contributed by atoms with Crippen molar-refractivity contribution < 1.29 is 14.3 Å². The fraction of sp³-hybridized carbons (Fsp3) is 0.222. The number of benzene rings is 2. The van der Waals surface area contributed by atoms with Gasteiger partial charge in [-0.3, -0.25) is 14.5 Å². The maximum Gasteiger partial charge on any atom is 0.261 e. The van der Waals surface area contributed by atoms with E-state index in [-0.39, 0.29) is 24.2 Å². The number of hydrogen-bond donors (Lipinski definition) is 1. The molecule has 4 rings (SSSR count). The normalized spacial score (nSPS) is 21.6. The topological polar surface area (TPSA) is 88.2 Å². The number of allylic oxidation sites excluding steroid dienone is 2. The molecule has 7 nitrogen and oxygen atoms in total. The Hall–Kier alpha value is -4.13. The van der Waals surface area contributed by atoms with Crippen LogP contribution in [0.1, 0.15) is 22.3 Å². The highest BCUT2D eigenvalue weighted by atomic mass is 16.5. The lowest BCUT2D eigenvalue weighted by atomic mass is 9.79. The minimum atomic E-state index is -1.21. The van der Waals surface area contributed by atoms with Gasteiger partial charge in [-0.1, -0.05) is 49.6 Å². The summed E-state index contributed by atoms with van der Waals surface area (Å²) in [7, 11) is 5.05. The number of carbonyl (C=O) groups is 2. The summed E-state index contributed by atoms with van der Waals surface area (Å²) in [6.07, 6.45) is 5.00. The first kappa shape index (κ1) is 23.0. The third-order valence-electron chi connectivity index (χ3n) is 6.25. The summed E-state index contributed by atoms with van der Waals surface area (Å²) in [5.41, 5.74) is 8.60. The third kappa shape index (κ3) is 3.69. The summed E-state index contributed by atoms with van der Waals surface area (Å²) >= 11 is 0. The Morgan fingerprint density at radius 2 is 1.97 bits per heavy atom. The van der Waals surface area contributed by atoms with E-state index in [0.717, 1.165) is 16.7 Å². The highest BCUT2D eigenvalue weighted by Gasteiger charge is 2.53. The van der Waals surface area contributed by atoms with Gasteiger partial charge in [-0.05, 0) is 41.0 Å². The molecule has 2 unspecified atom stereocenters. The van der Waals surface area contributed by atoms with E-state index in [1.165, 1.54) is 9.80 Å². The highest BCUT2D eigenvalue weighted by Crippen LogP contribution is 2.48. The van der Waals surface area contributed by atoms with Crippen molar-refractivity contribution in [1.29, 1.82) is 0 Å². The number of fused-ring (bicyclic) bond motifs is 2. The number of likely N-dealkylation sites (N-methyl/N-ethyl adjacent to an activating group) is 1. The molecule has 1 spiro atoms. The Kier molecular flexibility index (Phi) is 5.87. The lowest BCUT2D eigenvalue weighted by molar-refractivity contribution is -0.132. The van der Waals surface area contributed by atoms with Gasteiger partial charge in [0.1, 0.15) is 11.9 Å². The van der Waals surface area contributed by atoms with Gasteiger partial charge in [-0.15, -0.1) is 0 Å². The lowest BCUT2D eigenvalue weighted by Gasteiger charge is -2.37. The molecular formula is C27H28N4O3. The van der Waals surface area contributed by atoms with Gasteiger partial charge in [-0.2, -0.15) is 0 Å². The molecule has 174 valence electrons. The zero-order valence-corrected chi connectivity index (χ0v) is 19.6. The quantitative estimate of drug-likeness (QED) is 0.698. The van der Waals surface area contributed by atoms with Gasteiger partial charge in [0.05, 0.1) is 0 Å². The zero-order chi connectivity index (χ0) is 24.6. The van der Waals surface area contributed by atoms with E-state index in [0.29, 0.717) is 16.9 Å². The Morgan fingerprint density at radius 1 is 1.24 bits per heavy atom. The van der Waals surface area contributed by atoms with Gasteiger partial charge in [-0.25, -0.2) is 4.99 Å². The number of hydrogen-bond acceptors (Lipinski definition) is 5. The molecule has 2 atom stereocenters. The molecule has 0 bridgehead atoms. The number of carbonyl (C=O) groups excluding carboxylic acids is 2. The van der Waals surface area contributed by atoms with Crippen LogP contribution in [0.5, 0.6) is 5.75 Å². The van der Waals surface area contributed by atoms with Crippen molar-refractivity contribution in [3.05, 3.63) is 90.6 Å². The number of nitrogens with two attached hydrogens (primary N) is 1. The molecule has 2 heterocycles. The van der Waals surface area contributed by atoms with Crippen molar-refractivity contribution in [3.8, 4) is 16.9 Å². The average molecular weight is 457 g/mol. The summed E-state index contributed by atoms with van der Waals surface area (Å²) in [5, 5.41) is 0. The molecule has 34 heavy (non-hydrogen) atoms. The third-order valence-corrected chi connectivity index (χ3v) is 6.25. The highest BCUT2D eigenvalue weighted by molar-refractivity contribution is 6.07. The van der Waals surface area contributed by atoms with Gasteiger partial charge in [0.2, 0.25) is 0 Å². The number of aliphatic imine (C=N–C) groups is 1. The molecule has 2 aliphatic heterocycles. The van der Waals surface area contributed by atoms with Crippen LogP contribution in [0.25, 0.3) is 11.1 Å². The van der Waals surface area contributed by atoms with E-state index >= 15 is 0 Å². The van der Waals surface area contributed by atoms with E-state index in [1.54, 1.807) is 39.4 Å². The van der Waals surface area contributed by atoms with Crippen LogP contribution in [0.3, 0.4) is 0 Å². The summed E-state index contributed by atoms with van der Waals surface area (Å²) in [4.78, 5) is 33.5. The van der Waals surface area contributed by atoms with Crippen molar-refractivity contribution in [2.45, 2.75) is 18.1 Å². The standard InChI is InChI=1S/C27H28N4O3/c1-6-9-17(7-2)23-16-27(25(33)31(5)26(28)29-27)21-15-19(12-13-22(21)34-23)18-10-8-11-20(14-18)24(32)30(3)4/h6-15,23H,1-2,16H2,3-5H3,(H2,28,29)/b17-9+. The SMILES string of the molecule is C=C/C=C(\C=C)C1CC2(N=C(N)N(C)C2=O)c2cc(-c3cccc(C(=O)N(C)C)c3)ccc2O1. The van der Waals surface area contributed by atoms with E-state index in [4.69, 9.17) is 10.5 Å². The predicted molar refractivity (Wildman–Crippen MR) is 133 cm³/mol. The van der Waals surface area contributed by atoms with E-state index in [2.05, 4.69) is 18.2 Å². The maximum absolute atomic E-state index is 13.5. The average Bonchev–Trinajstić information content (AvgIpc) is 3.05.